The van der Waals surface area contributed by atoms with Gasteiger partial charge in [-0.3, -0.25) is 4.79 Å². The van der Waals surface area contributed by atoms with Crippen molar-refractivity contribution >= 4 is 11.7 Å². The normalized spacial score (nSPS) is 10.6. The molecule has 2 aromatic heterocycles. The number of benzene rings is 1. The molecule has 0 atom stereocenters. The lowest BCUT2D eigenvalue weighted by atomic mass is 10.2. The Bertz CT molecular complexity index is 929. The van der Waals surface area contributed by atoms with E-state index in [2.05, 4.69) is 15.4 Å². The van der Waals surface area contributed by atoms with E-state index in [1.165, 1.54) is 0 Å². The Morgan fingerprint density at radius 1 is 1.23 bits per heavy atom. The third-order valence-electron chi connectivity index (χ3n) is 3.97. The smallest absolute Gasteiger partial charge is 0.276 e. The van der Waals surface area contributed by atoms with Crippen LogP contribution in [0.1, 0.15) is 21.6 Å². The number of imidazole rings is 1. The Morgan fingerprint density at radius 3 is 2.65 bits per heavy atom. The summed E-state index contributed by atoms with van der Waals surface area (Å²) in [5.41, 5.74) is 2.19. The van der Waals surface area contributed by atoms with Gasteiger partial charge in [0, 0.05) is 18.8 Å². The first kappa shape index (κ1) is 17.5. The molecule has 0 radical (unpaired) electrons. The van der Waals surface area contributed by atoms with E-state index >= 15 is 0 Å². The van der Waals surface area contributed by atoms with Gasteiger partial charge in [-0.1, -0.05) is 6.07 Å². The maximum Gasteiger partial charge on any atom is 0.276 e. The van der Waals surface area contributed by atoms with Crippen LogP contribution in [-0.2, 0) is 13.6 Å². The van der Waals surface area contributed by atoms with Gasteiger partial charge in [0.15, 0.2) is 11.5 Å². The van der Waals surface area contributed by atoms with Gasteiger partial charge in [-0.15, -0.1) is 0 Å². The molecular weight excluding hydrogens is 334 g/mol. The van der Waals surface area contributed by atoms with Crippen molar-refractivity contribution in [1.82, 2.24) is 19.3 Å². The fraction of sp³-hybridized carbons (Fsp3) is 0.278. The van der Waals surface area contributed by atoms with E-state index in [-0.39, 0.29) is 5.91 Å². The van der Waals surface area contributed by atoms with Gasteiger partial charge >= 0.3 is 0 Å². The Labute approximate surface area is 151 Å². The number of amides is 1. The summed E-state index contributed by atoms with van der Waals surface area (Å²) < 4.78 is 14.1. The average molecular weight is 355 g/mol. The molecule has 0 saturated carbocycles. The van der Waals surface area contributed by atoms with Crippen LogP contribution in [0.2, 0.25) is 0 Å². The van der Waals surface area contributed by atoms with Crippen molar-refractivity contribution in [2.24, 2.45) is 7.05 Å². The second-order valence-corrected chi connectivity index (χ2v) is 5.90. The molecule has 0 aliphatic rings. The lowest BCUT2D eigenvalue weighted by Crippen LogP contribution is -2.17. The van der Waals surface area contributed by atoms with Crippen LogP contribution in [0.25, 0.3) is 0 Å². The highest BCUT2D eigenvalue weighted by atomic mass is 16.5. The summed E-state index contributed by atoms with van der Waals surface area (Å²) in [6.07, 6.45) is 4.97. The van der Waals surface area contributed by atoms with Crippen LogP contribution in [0, 0.1) is 6.92 Å². The Hall–Kier alpha value is -3.29. The second-order valence-electron chi connectivity index (χ2n) is 5.90. The molecule has 0 aliphatic heterocycles. The molecule has 1 amide bonds. The first-order valence-corrected chi connectivity index (χ1v) is 8.04. The van der Waals surface area contributed by atoms with Crippen molar-refractivity contribution in [3.63, 3.8) is 0 Å². The number of hydrogen-bond donors (Lipinski definition) is 1. The van der Waals surface area contributed by atoms with Crippen molar-refractivity contribution in [2.75, 3.05) is 19.5 Å². The number of nitrogens with one attached hydrogen (secondary N) is 1. The maximum absolute atomic E-state index is 12.4. The summed E-state index contributed by atoms with van der Waals surface area (Å²) in [6.45, 7) is 2.37. The number of ether oxygens (including phenoxy) is 2. The van der Waals surface area contributed by atoms with E-state index in [0.29, 0.717) is 29.6 Å². The van der Waals surface area contributed by atoms with E-state index in [1.54, 1.807) is 42.2 Å². The highest BCUT2D eigenvalue weighted by Gasteiger charge is 2.15. The summed E-state index contributed by atoms with van der Waals surface area (Å²) >= 11 is 0. The summed E-state index contributed by atoms with van der Waals surface area (Å²) in [7, 11) is 5.01. The standard InChI is InChI=1S/C18H21N5O3/c1-12-8-20-23(9-13-5-6-15(25-3)16(7-13)26-4)17(12)21-18(24)14-10-22(2)11-19-14/h5-8,10-11H,9H2,1-4H3,(H,21,24). The van der Waals surface area contributed by atoms with Gasteiger partial charge in [-0.25, -0.2) is 9.67 Å². The Morgan fingerprint density at radius 2 is 2.00 bits per heavy atom. The monoisotopic (exact) mass is 355 g/mol. The number of aromatic nitrogens is 4. The van der Waals surface area contributed by atoms with Crippen LogP contribution in [0.5, 0.6) is 11.5 Å². The van der Waals surface area contributed by atoms with E-state index < -0.39 is 0 Å². The number of rotatable bonds is 6. The molecule has 3 aromatic rings. The molecule has 0 bridgehead atoms. The van der Waals surface area contributed by atoms with Crippen molar-refractivity contribution in [3.8, 4) is 11.5 Å². The Balaban J connectivity index is 1.83. The zero-order valence-corrected chi connectivity index (χ0v) is 15.2. The third kappa shape index (κ3) is 3.53. The van der Waals surface area contributed by atoms with E-state index in [0.717, 1.165) is 11.1 Å². The molecule has 136 valence electrons. The fourth-order valence-corrected chi connectivity index (χ4v) is 2.62. The van der Waals surface area contributed by atoms with Gasteiger partial charge in [-0.05, 0) is 24.6 Å². The largest absolute Gasteiger partial charge is 0.493 e. The van der Waals surface area contributed by atoms with Crippen LogP contribution < -0.4 is 14.8 Å². The fourth-order valence-electron chi connectivity index (χ4n) is 2.62. The topological polar surface area (TPSA) is 83.2 Å². The molecule has 0 aliphatic carbocycles. The highest BCUT2D eigenvalue weighted by molar-refractivity contribution is 6.02. The zero-order valence-electron chi connectivity index (χ0n) is 15.2. The van der Waals surface area contributed by atoms with E-state index in [9.17, 15) is 4.79 Å². The molecule has 0 spiro atoms. The third-order valence-corrected chi connectivity index (χ3v) is 3.97. The number of carbonyl (C=O) groups excluding carboxylic acids is 1. The van der Waals surface area contributed by atoms with Crippen LogP contribution in [0.3, 0.4) is 0 Å². The quantitative estimate of drug-likeness (QED) is 0.733. The molecule has 0 saturated heterocycles. The zero-order chi connectivity index (χ0) is 18.7. The molecular formula is C18H21N5O3. The summed E-state index contributed by atoms with van der Waals surface area (Å²) in [5.74, 6) is 1.67. The van der Waals surface area contributed by atoms with Gasteiger partial charge in [0.25, 0.3) is 5.91 Å². The second kappa shape index (κ2) is 7.30. The van der Waals surface area contributed by atoms with Crippen LogP contribution in [0.15, 0.2) is 36.9 Å². The number of carbonyl (C=O) groups is 1. The lowest BCUT2D eigenvalue weighted by Gasteiger charge is -2.12. The molecule has 2 heterocycles. The van der Waals surface area contributed by atoms with Crippen molar-refractivity contribution in [1.29, 1.82) is 0 Å². The Kier molecular flexibility index (Phi) is 4.92. The number of nitrogens with zero attached hydrogens (tertiary/aromatic N) is 4. The summed E-state index contributed by atoms with van der Waals surface area (Å²) in [4.78, 5) is 16.5. The molecule has 26 heavy (non-hydrogen) atoms. The molecule has 8 heteroatoms. The number of hydrogen-bond acceptors (Lipinski definition) is 5. The van der Waals surface area contributed by atoms with Gasteiger partial charge in [0.1, 0.15) is 11.5 Å². The molecule has 1 N–H and O–H groups in total. The van der Waals surface area contributed by atoms with Crippen molar-refractivity contribution < 1.29 is 14.3 Å². The molecule has 0 fully saturated rings. The van der Waals surface area contributed by atoms with Crippen LogP contribution in [-0.4, -0.2) is 39.5 Å². The first-order chi connectivity index (χ1) is 12.5. The average Bonchev–Trinajstić information content (AvgIpc) is 3.22. The molecule has 3 rings (SSSR count). The maximum atomic E-state index is 12.4. The number of methoxy groups -OCH3 is 2. The predicted octanol–water partition coefficient (Wildman–Crippen LogP) is 2.24. The molecule has 8 nitrogen and oxygen atoms in total. The predicted molar refractivity (Wildman–Crippen MR) is 96.8 cm³/mol. The number of anilines is 1. The number of aryl methyl sites for hydroxylation is 2. The lowest BCUT2D eigenvalue weighted by molar-refractivity contribution is 0.102. The van der Waals surface area contributed by atoms with E-state index in [4.69, 9.17) is 9.47 Å². The van der Waals surface area contributed by atoms with Crippen LogP contribution in [0.4, 0.5) is 5.82 Å². The minimum atomic E-state index is -0.275. The van der Waals surface area contributed by atoms with Gasteiger partial charge in [0.2, 0.25) is 0 Å². The van der Waals surface area contributed by atoms with E-state index in [1.807, 2.05) is 32.2 Å². The van der Waals surface area contributed by atoms with Gasteiger partial charge in [-0.2, -0.15) is 5.10 Å². The van der Waals surface area contributed by atoms with Crippen molar-refractivity contribution in [2.45, 2.75) is 13.5 Å². The molecule has 1 aromatic carbocycles. The van der Waals surface area contributed by atoms with Crippen molar-refractivity contribution in [3.05, 3.63) is 53.7 Å². The summed E-state index contributed by atoms with van der Waals surface area (Å²) in [6, 6.07) is 5.67. The summed E-state index contributed by atoms with van der Waals surface area (Å²) in [5, 5.41) is 7.25. The SMILES string of the molecule is COc1ccc(Cn2ncc(C)c2NC(=O)c2cn(C)cn2)cc1OC. The van der Waals surface area contributed by atoms with Gasteiger partial charge in [0.05, 0.1) is 33.3 Å². The minimum Gasteiger partial charge on any atom is -0.493 e. The molecule has 0 unspecified atom stereocenters. The highest BCUT2D eigenvalue weighted by Crippen LogP contribution is 2.28. The minimum absolute atomic E-state index is 0.275. The van der Waals surface area contributed by atoms with Crippen LogP contribution >= 0.6 is 0 Å². The first-order valence-electron chi connectivity index (χ1n) is 8.04. The van der Waals surface area contributed by atoms with Gasteiger partial charge < -0.3 is 19.4 Å².